The number of fused-ring (bicyclic) bond motifs is 4. The fraction of sp³-hybridized carbons (Fsp3) is 0.200. The van der Waals surface area contributed by atoms with Gasteiger partial charge in [0.1, 0.15) is 5.84 Å². The van der Waals surface area contributed by atoms with Crippen LogP contribution in [0.25, 0.3) is 0 Å². The molecule has 7 heteroatoms. The van der Waals surface area contributed by atoms with Crippen molar-refractivity contribution in [3.8, 4) is 0 Å². The molecular formula is C25H23N3O3S. The van der Waals surface area contributed by atoms with Gasteiger partial charge >= 0.3 is 0 Å². The van der Waals surface area contributed by atoms with Crippen LogP contribution in [0.1, 0.15) is 47.8 Å². The van der Waals surface area contributed by atoms with Crippen molar-refractivity contribution in [2.45, 2.75) is 37.6 Å². The minimum absolute atomic E-state index is 0.0553. The Kier molecular flexibility index (Phi) is 4.49. The second-order valence-electron chi connectivity index (χ2n) is 9.10. The highest BCUT2D eigenvalue weighted by atomic mass is 32.2. The van der Waals surface area contributed by atoms with Gasteiger partial charge in [-0.15, -0.1) is 0 Å². The molecular weight excluding hydrogens is 422 g/mol. The molecule has 0 unspecified atom stereocenters. The lowest BCUT2D eigenvalue weighted by Crippen LogP contribution is -2.31. The first kappa shape index (κ1) is 20.5. The third-order valence-corrected chi connectivity index (χ3v) is 7.21. The molecule has 0 aliphatic carbocycles. The van der Waals surface area contributed by atoms with Gasteiger partial charge in [-0.25, -0.2) is 13.4 Å². The van der Waals surface area contributed by atoms with Crippen LogP contribution in [0.4, 0.5) is 11.4 Å². The van der Waals surface area contributed by atoms with Crippen molar-refractivity contribution in [3.05, 3.63) is 89.0 Å². The number of carbonyl (C=O) groups is 1. The Morgan fingerprint density at radius 2 is 1.62 bits per heavy atom. The predicted octanol–water partition coefficient (Wildman–Crippen LogP) is 4.83. The van der Waals surface area contributed by atoms with Crippen LogP contribution < -0.4 is 4.72 Å². The molecule has 0 atom stereocenters. The number of aliphatic imine (C=N–C) groups is 1. The highest BCUT2D eigenvalue weighted by Crippen LogP contribution is 2.35. The van der Waals surface area contributed by atoms with Crippen molar-refractivity contribution in [1.82, 2.24) is 4.90 Å². The molecule has 162 valence electrons. The van der Waals surface area contributed by atoms with Gasteiger partial charge in [0.05, 0.1) is 22.7 Å². The molecule has 0 fully saturated rings. The zero-order chi connectivity index (χ0) is 22.7. The van der Waals surface area contributed by atoms with E-state index in [2.05, 4.69) is 30.5 Å². The van der Waals surface area contributed by atoms with E-state index in [1.165, 1.54) is 0 Å². The van der Waals surface area contributed by atoms with E-state index in [9.17, 15) is 13.2 Å². The number of nitrogens with zero attached hydrogens (tertiary/aromatic N) is 2. The summed E-state index contributed by atoms with van der Waals surface area (Å²) in [6, 6.07) is 19.6. The van der Waals surface area contributed by atoms with E-state index in [-0.39, 0.29) is 16.2 Å². The second kappa shape index (κ2) is 7.03. The summed E-state index contributed by atoms with van der Waals surface area (Å²) in [6.45, 7) is 6.59. The molecule has 3 aromatic carbocycles. The molecule has 2 aliphatic heterocycles. The molecule has 0 saturated carbocycles. The second-order valence-corrected chi connectivity index (χ2v) is 10.8. The van der Waals surface area contributed by atoms with Crippen LogP contribution in [0.5, 0.6) is 0 Å². The number of hydrogen-bond acceptors (Lipinski definition) is 4. The molecule has 2 aliphatic rings. The number of hydrogen-bond donors (Lipinski definition) is 1. The standard InChI is InChI=1S/C25H23N3O3S/c1-25(2,3)17-8-11-19(12-9-17)32(30,31)27-18-10-13-22-16(14-18)15-28-23(26-22)20-6-4-5-7-21(20)24(28)29/h4-14,27H,15H2,1-3H3. The first-order valence-electron chi connectivity index (χ1n) is 10.4. The number of amides is 1. The predicted molar refractivity (Wildman–Crippen MR) is 125 cm³/mol. The lowest BCUT2D eigenvalue weighted by atomic mass is 9.87. The largest absolute Gasteiger partial charge is 0.288 e. The molecule has 6 nitrogen and oxygen atoms in total. The van der Waals surface area contributed by atoms with Crippen molar-refractivity contribution < 1.29 is 13.2 Å². The highest BCUT2D eigenvalue weighted by Gasteiger charge is 2.36. The number of rotatable bonds is 3. The highest BCUT2D eigenvalue weighted by molar-refractivity contribution is 7.92. The summed E-state index contributed by atoms with van der Waals surface area (Å²) in [5.41, 5.74) is 4.43. The van der Waals surface area contributed by atoms with E-state index < -0.39 is 10.0 Å². The first-order chi connectivity index (χ1) is 15.1. The number of sulfonamides is 1. The lowest BCUT2D eigenvalue weighted by molar-refractivity contribution is 0.0851. The Labute approximate surface area is 187 Å². The minimum atomic E-state index is -3.74. The van der Waals surface area contributed by atoms with Crippen molar-refractivity contribution in [2.75, 3.05) is 4.72 Å². The molecule has 5 rings (SSSR count). The minimum Gasteiger partial charge on any atom is -0.288 e. The monoisotopic (exact) mass is 445 g/mol. The first-order valence-corrected chi connectivity index (χ1v) is 11.9. The van der Waals surface area contributed by atoms with E-state index in [1.807, 2.05) is 30.3 Å². The Morgan fingerprint density at radius 3 is 2.31 bits per heavy atom. The molecule has 2 heterocycles. The summed E-state index contributed by atoms with van der Waals surface area (Å²) in [7, 11) is -3.74. The van der Waals surface area contributed by atoms with Gasteiger partial charge < -0.3 is 0 Å². The maximum atomic E-state index is 12.9. The van der Waals surface area contributed by atoms with Gasteiger partial charge in [-0.2, -0.15) is 0 Å². The molecule has 1 N–H and O–H groups in total. The maximum Gasteiger partial charge on any atom is 0.261 e. The Morgan fingerprint density at radius 1 is 0.938 bits per heavy atom. The van der Waals surface area contributed by atoms with E-state index >= 15 is 0 Å². The van der Waals surface area contributed by atoms with Gasteiger partial charge in [0, 0.05) is 11.3 Å². The normalized spacial score (nSPS) is 15.0. The summed E-state index contributed by atoms with van der Waals surface area (Å²) in [4.78, 5) is 19.3. The number of anilines is 1. The van der Waals surface area contributed by atoms with Gasteiger partial charge in [0.25, 0.3) is 15.9 Å². The SMILES string of the molecule is CC(C)(C)c1ccc(S(=O)(=O)Nc2ccc3c(c2)CN2C(=O)c4ccccc4C2=N3)cc1. The zero-order valence-corrected chi connectivity index (χ0v) is 18.9. The molecule has 0 spiro atoms. The van der Waals surface area contributed by atoms with Crippen LogP contribution in [0.3, 0.4) is 0 Å². The van der Waals surface area contributed by atoms with Gasteiger partial charge in [-0.1, -0.05) is 51.1 Å². The summed E-state index contributed by atoms with van der Waals surface area (Å²) in [5, 5.41) is 0. The quantitative estimate of drug-likeness (QED) is 0.627. The van der Waals surface area contributed by atoms with Crippen molar-refractivity contribution >= 4 is 33.1 Å². The lowest BCUT2D eigenvalue weighted by Gasteiger charge is -2.24. The third-order valence-electron chi connectivity index (χ3n) is 5.82. The van der Waals surface area contributed by atoms with Crippen molar-refractivity contribution in [2.24, 2.45) is 4.99 Å². The van der Waals surface area contributed by atoms with E-state index in [0.29, 0.717) is 23.6 Å². The van der Waals surface area contributed by atoms with Gasteiger partial charge in [0.15, 0.2) is 0 Å². The van der Waals surface area contributed by atoms with Gasteiger partial charge in [-0.3, -0.25) is 14.4 Å². The van der Waals surface area contributed by atoms with E-state index in [1.54, 1.807) is 41.3 Å². The Balaban J connectivity index is 1.43. The van der Waals surface area contributed by atoms with Crippen LogP contribution >= 0.6 is 0 Å². The molecule has 1 amide bonds. The van der Waals surface area contributed by atoms with Gasteiger partial charge in [-0.05, 0) is 52.9 Å². The smallest absolute Gasteiger partial charge is 0.261 e. The van der Waals surface area contributed by atoms with Crippen LogP contribution in [0.2, 0.25) is 0 Å². The number of carbonyl (C=O) groups excluding carboxylic acids is 1. The average molecular weight is 446 g/mol. The van der Waals surface area contributed by atoms with Crippen LogP contribution in [-0.4, -0.2) is 25.1 Å². The third kappa shape index (κ3) is 3.39. The van der Waals surface area contributed by atoms with Crippen LogP contribution in [0.15, 0.2) is 76.6 Å². The molecule has 0 saturated heterocycles. The number of benzene rings is 3. The fourth-order valence-corrected chi connectivity index (χ4v) is 5.09. The van der Waals surface area contributed by atoms with Gasteiger partial charge in [0.2, 0.25) is 0 Å². The summed E-state index contributed by atoms with van der Waals surface area (Å²) < 4.78 is 28.5. The average Bonchev–Trinajstić information content (AvgIpc) is 3.03. The Bertz CT molecular complexity index is 1380. The number of amidine groups is 1. The Hall–Kier alpha value is -3.45. The topological polar surface area (TPSA) is 78.8 Å². The van der Waals surface area contributed by atoms with Crippen LogP contribution in [0, 0.1) is 0 Å². The van der Waals surface area contributed by atoms with E-state index in [0.717, 1.165) is 22.4 Å². The molecule has 0 radical (unpaired) electrons. The fourth-order valence-electron chi connectivity index (χ4n) is 4.04. The van der Waals surface area contributed by atoms with Crippen molar-refractivity contribution in [3.63, 3.8) is 0 Å². The van der Waals surface area contributed by atoms with Crippen LogP contribution in [-0.2, 0) is 22.0 Å². The molecule has 0 bridgehead atoms. The summed E-state index contributed by atoms with van der Waals surface area (Å²) in [6.07, 6.45) is 0. The van der Waals surface area contributed by atoms with Crippen molar-refractivity contribution in [1.29, 1.82) is 0 Å². The zero-order valence-electron chi connectivity index (χ0n) is 18.1. The molecule has 32 heavy (non-hydrogen) atoms. The van der Waals surface area contributed by atoms with E-state index in [4.69, 9.17) is 0 Å². The summed E-state index contributed by atoms with van der Waals surface area (Å²) >= 11 is 0. The molecule has 3 aromatic rings. The maximum absolute atomic E-state index is 12.9. The summed E-state index contributed by atoms with van der Waals surface area (Å²) in [5.74, 6) is 0.556. The number of nitrogens with one attached hydrogen (secondary N) is 1. The molecule has 0 aromatic heterocycles.